The maximum Gasteiger partial charge on any atom is 0.302 e. The minimum Gasteiger partial charge on any atom is -0.497 e. The van der Waals surface area contributed by atoms with Crippen molar-refractivity contribution in [3.8, 4) is 5.75 Å². The van der Waals surface area contributed by atoms with Crippen molar-refractivity contribution in [2.24, 2.45) is 23.2 Å². The van der Waals surface area contributed by atoms with Gasteiger partial charge < -0.3 is 9.47 Å². The highest BCUT2D eigenvalue weighted by molar-refractivity contribution is 5.66. The lowest BCUT2D eigenvalue weighted by Crippen LogP contribution is -2.47. The largest absolute Gasteiger partial charge is 0.497 e. The van der Waals surface area contributed by atoms with Crippen LogP contribution < -0.4 is 4.74 Å². The summed E-state index contributed by atoms with van der Waals surface area (Å²) in [5, 5.41) is 0. The van der Waals surface area contributed by atoms with Crippen LogP contribution in [0.4, 0.5) is 0 Å². The molecule has 6 unspecified atom stereocenters. The third-order valence-corrected chi connectivity index (χ3v) is 7.50. The Morgan fingerprint density at radius 1 is 1.24 bits per heavy atom. The normalized spacial score (nSPS) is 39.1. The molecule has 6 atom stereocenters. The molecule has 1 aromatic rings. The average Bonchev–Trinajstić information content (AvgIpc) is 2.90. The first kappa shape index (κ1) is 16.9. The molecule has 0 bridgehead atoms. The van der Waals surface area contributed by atoms with Gasteiger partial charge in [-0.3, -0.25) is 4.79 Å². The number of benzene rings is 1. The Morgan fingerprint density at radius 3 is 2.76 bits per heavy atom. The van der Waals surface area contributed by atoms with E-state index in [1.165, 1.54) is 18.4 Å². The van der Waals surface area contributed by atoms with E-state index in [2.05, 4.69) is 32.0 Å². The molecule has 0 heterocycles. The zero-order chi connectivity index (χ0) is 17.8. The molecule has 25 heavy (non-hydrogen) atoms. The quantitative estimate of drug-likeness (QED) is 0.729. The second-order valence-corrected chi connectivity index (χ2v) is 8.76. The molecule has 1 aromatic carbocycles. The molecule has 2 fully saturated rings. The minimum atomic E-state index is -0.122. The summed E-state index contributed by atoms with van der Waals surface area (Å²) in [6.07, 6.45) is 5.85. The van der Waals surface area contributed by atoms with Crippen molar-refractivity contribution in [3.05, 3.63) is 29.3 Å². The Balaban J connectivity index is 1.66. The zero-order valence-electron chi connectivity index (χ0n) is 15.9. The van der Waals surface area contributed by atoms with E-state index in [4.69, 9.17) is 9.47 Å². The van der Waals surface area contributed by atoms with Gasteiger partial charge in [0.15, 0.2) is 0 Å². The summed E-state index contributed by atoms with van der Waals surface area (Å²) in [5.74, 6) is 3.55. The minimum absolute atomic E-state index is 0.111. The number of ether oxygens (including phenoxy) is 2. The number of fused-ring (bicyclic) bond motifs is 5. The Labute approximate surface area is 151 Å². The molecule has 0 amide bonds. The molecule has 0 aliphatic heterocycles. The molecular formula is C22H30O3. The topological polar surface area (TPSA) is 35.5 Å². The van der Waals surface area contributed by atoms with Crippen molar-refractivity contribution >= 4 is 5.97 Å². The summed E-state index contributed by atoms with van der Waals surface area (Å²) in [6, 6.07) is 6.67. The van der Waals surface area contributed by atoms with Gasteiger partial charge in [0.1, 0.15) is 11.9 Å². The highest BCUT2D eigenvalue weighted by atomic mass is 16.5. The molecule has 3 heteroatoms. The monoisotopic (exact) mass is 342 g/mol. The molecule has 3 nitrogen and oxygen atoms in total. The van der Waals surface area contributed by atoms with Gasteiger partial charge in [-0.15, -0.1) is 0 Å². The second-order valence-electron chi connectivity index (χ2n) is 8.76. The van der Waals surface area contributed by atoms with Crippen molar-refractivity contribution in [1.29, 1.82) is 0 Å². The van der Waals surface area contributed by atoms with E-state index in [0.29, 0.717) is 23.7 Å². The first-order valence-electron chi connectivity index (χ1n) is 9.78. The summed E-state index contributed by atoms with van der Waals surface area (Å²) in [6.45, 7) is 6.35. The predicted octanol–water partition coefficient (Wildman–Crippen LogP) is 4.73. The lowest BCUT2D eigenvalue weighted by molar-refractivity contribution is -0.155. The molecule has 0 radical (unpaired) electrons. The van der Waals surface area contributed by atoms with Crippen LogP contribution in [0.15, 0.2) is 18.2 Å². The molecule has 3 aliphatic carbocycles. The lowest BCUT2D eigenvalue weighted by Gasteiger charge is -2.52. The number of rotatable bonds is 2. The summed E-state index contributed by atoms with van der Waals surface area (Å²) in [4.78, 5) is 11.6. The van der Waals surface area contributed by atoms with Gasteiger partial charge in [0.2, 0.25) is 0 Å². The maximum atomic E-state index is 11.6. The average molecular weight is 342 g/mol. The van der Waals surface area contributed by atoms with E-state index in [9.17, 15) is 4.79 Å². The second kappa shape index (κ2) is 6.03. The fourth-order valence-corrected chi connectivity index (χ4v) is 6.43. The predicted molar refractivity (Wildman–Crippen MR) is 97.7 cm³/mol. The number of hydrogen-bond acceptors (Lipinski definition) is 3. The Hall–Kier alpha value is -1.51. The summed E-state index contributed by atoms with van der Waals surface area (Å²) >= 11 is 0. The van der Waals surface area contributed by atoms with Gasteiger partial charge in [0.05, 0.1) is 7.11 Å². The summed E-state index contributed by atoms with van der Waals surface area (Å²) in [7, 11) is 1.75. The fraction of sp³-hybridized carbons (Fsp3) is 0.682. The van der Waals surface area contributed by atoms with Crippen molar-refractivity contribution in [2.75, 3.05) is 7.11 Å². The van der Waals surface area contributed by atoms with Crippen LogP contribution in [0.5, 0.6) is 5.75 Å². The Kier molecular flexibility index (Phi) is 4.09. The van der Waals surface area contributed by atoms with Gasteiger partial charge in [-0.05, 0) is 79.0 Å². The SMILES string of the molecule is COc1ccc2c(c1)CC(C)C1C2CCC2(C)C(OC(C)=O)CCC12. The van der Waals surface area contributed by atoms with E-state index in [0.717, 1.165) is 25.0 Å². The highest BCUT2D eigenvalue weighted by Gasteiger charge is 2.57. The van der Waals surface area contributed by atoms with Crippen molar-refractivity contribution in [1.82, 2.24) is 0 Å². The molecule has 136 valence electrons. The van der Waals surface area contributed by atoms with Crippen LogP contribution in [0.2, 0.25) is 0 Å². The Bertz CT molecular complexity index is 682. The molecule has 2 saturated carbocycles. The zero-order valence-corrected chi connectivity index (χ0v) is 15.9. The van der Waals surface area contributed by atoms with Crippen LogP contribution in [0.3, 0.4) is 0 Å². The van der Waals surface area contributed by atoms with Gasteiger partial charge in [-0.25, -0.2) is 0 Å². The number of hydrogen-bond donors (Lipinski definition) is 0. The highest BCUT2D eigenvalue weighted by Crippen LogP contribution is 2.62. The van der Waals surface area contributed by atoms with Gasteiger partial charge in [0, 0.05) is 12.3 Å². The summed E-state index contributed by atoms with van der Waals surface area (Å²) < 4.78 is 11.2. The fourth-order valence-electron chi connectivity index (χ4n) is 6.43. The van der Waals surface area contributed by atoms with Gasteiger partial charge in [-0.2, -0.15) is 0 Å². The van der Waals surface area contributed by atoms with Crippen molar-refractivity contribution in [2.45, 2.75) is 64.9 Å². The van der Waals surface area contributed by atoms with Crippen LogP contribution in [0, 0.1) is 23.2 Å². The van der Waals surface area contributed by atoms with Crippen LogP contribution in [-0.2, 0) is 16.0 Å². The lowest BCUT2D eigenvalue weighted by atomic mass is 9.53. The van der Waals surface area contributed by atoms with E-state index < -0.39 is 0 Å². The third kappa shape index (κ3) is 2.58. The molecule has 0 spiro atoms. The van der Waals surface area contributed by atoms with E-state index >= 15 is 0 Å². The smallest absolute Gasteiger partial charge is 0.302 e. The van der Waals surface area contributed by atoms with Crippen molar-refractivity contribution < 1.29 is 14.3 Å². The Morgan fingerprint density at radius 2 is 2.04 bits per heavy atom. The van der Waals surface area contributed by atoms with E-state index in [1.807, 2.05) is 0 Å². The number of carbonyl (C=O) groups is 1. The number of carbonyl (C=O) groups excluding carboxylic acids is 1. The van der Waals surface area contributed by atoms with Crippen LogP contribution >= 0.6 is 0 Å². The van der Waals surface area contributed by atoms with E-state index in [-0.39, 0.29) is 17.5 Å². The van der Waals surface area contributed by atoms with Crippen LogP contribution in [0.1, 0.15) is 63.5 Å². The number of esters is 1. The van der Waals surface area contributed by atoms with Gasteiger partial charge in [-0.1, -0.05) is 19.9 Å². The molecular weight excluding hydrogens is 312 g/mol. The molecule has 4 rings (SSSR count). The van der Waals surface area contributed by atoms with E-state index in [1.54, 1.807) is 19.6 Å². The maximum absolute atomic E-state index is 11.6. The number of methoxy groups -OCH3 is 1. The van der Waals surface area contributed by atoms with Gasteiger partial charge in [0.25, 0.3) is 0 Å². The molecule has 0 saturated heterocycles. The first-order chi connectivity index (χ1) is 11.9. The first-order valence-corrected chi connectivity index (χ1v) is 9.78. The van der Waals surface area contributed by atoms with Crippen molar-refractivity contribution in [3.63, 3.8) is 0 Å². The standard InChI is InChI=1S/C22H30O3/c1-13-11-15-12-16(24-4)5-6-17(15)18-9-10-22(3)19(21(13)18)7-8-20(22)25-14(2)23/h5-6,12-13,18-21H,7-11H2,1-4H3. The summed E-state index contributed by atoms with van der Waals surface area (Å²) in [5.41, 5.74) is 3.18. The van der Waals surface area contributed by atoms with Gasteiger partial charge >= 0.3 is 5.97 Å². The van der Waals surface area contributed by atoms with Crippen LogP contribution in [0.25, 0.3) is 0 Å². The molecule has 3 aliphatic rings. The van der Waals surface area contributed by atoms with Crippen LogP contribution in [-0.4, -0.2) is 19.2 Å². The molecule has 0 aromatic heterocycles. The third-order valence-electron chi connectivity index (χ3n) is 7.50. The molecule has 0 N–H and O–H groups in total.